The minimum absolute atomic E-state index is 0.0826. The molecule has 0 saturated heterocycles. The Kier molecular flexibility index (Phi) is 5.59. The number of carbonyl (C=O) groups excluding carboxylic acids is 2. The van der Waals surface area contributed by atoms with Crippen LogP contribution in [0.1, 0.15) is 21.5 Å². The van der Waals surface area contributed by atoms with E-state index >= 15 is 0 Å². The largest absolute Gasteiger partial charge is 0.314 e. The van der Waals surface area contributed by atoms with Gasteiger partial charge in [0.25, 0.3) is 11.6 Å². The highest BCUT2D eigenvalue weighted by atomic mass is 32.2. The van der Waals surface area contributed by atoms with Gasteiger partial charge in [-0.15, -0.1) is 0 Å². The van der Waals surface area contributed by atoms with Gasteiger partial charge < -0.3 is 4.90 Å². The predicted octanol–water partition coefficient (Wildman–Crippen LogP) is 3.80. The number of nitrogens with zero attached hydrogens (tertiary/aromatic N) is 3. The number of non-ortho nitro benzene ring substituents is 1. The molecule has 0 aliphatic carbocycles. The number of hydrogen-bond donors (Lipinski definition) is 0. The number of carbonyl (C=O) groups is 2. The maximum atomic E-state index is 13.7. The number of para-hydroxylation sites is 1. The van der Waals surface area contributed by atoms with Gasteiger partial charge in [0.15, 0.2) is 0 Å². The quantitative estimate of drug-likeness (QED) is 0.422. The first-order valence-corrected chi connectivity index (χ1v) is 12.2. The lowest BCUT2D eigenvalue weighted by Crippen LogP contribution is -2.44. The van der Waals surface area contributed by atoms with Gasteiger partial charge in [-0.2, -0.15) is 4.36 Å². The molecule has 4 rings (SSSR count). The molecule has 168 valence electrons. The molecule has 8 nitrogen and oxygen atoms in total. The van der Waals surface area contributed by atoms with Crippen LogP contribution in [0.25, 0.3) is 0 Å². The number of anilines is 1. The summed E-state index contributed by atoms with van der Waals surface area (Å²) in [4.78, 5) is 38.2. The second-order valence-electron chi connectivity index (χ2n) is 7.96. The van der Waals surface area contributed by atoms with Crippen LogP contribution < -0.4 is 4.90 Å². The summed E-state index contributed by atoms with van der Waals surface area (Å²) in [7, 11) is -1.53. The number of nitro groups is 1. The number of hydrogen-bond acceptors (Lipinski definition) is 5. The maximum absolute atomic E-state index is 13.7. The Balaban J connectivity index is 1.81. The Hall–Kier alpha value is -3.85. The van der Waals surface area contributed by atoms with E-state index in [1.807, 2.05) is 54.6 Å². The molecule has 0 radical (unpaired) electrons. The normalized spacial score (nSPS) is 19.0. The zero-order valence-electron chi connectivity index (χ0n) is 18.0. The minimum Gasteiger partial charge on any atom is -0.314 e. The Bertz CT molecular complexity index is 1380. The third kappa shape index (κ3) is 3.91. The van der Waals surface area contributed by atoms with E-state index in [2.05, 4.69) is 4.36 Å². The second kappa shape index (κ2) is 8.25. The molecular weight excluding hydrogens is 442 g/mol. The van der Waals surface area contributed by atoms with E-state index in [-0.39, 0.29) is 22.9 Å². The van der Waals surface area contributed by atoms with Crippen molar-refractivity contribution in [2.75, 3.05) is 24.0 Å². The molecule has 3 aromatic carbocycles. The fraction of sp³-hybridized carbons (Fsp3) is 0.167. The summed E-state index contributed by atoms with van der Waals surface area (Å²) >= 11 is 0. The van der Waals surface area contributed by atoms with Gasteiger partial charge in [-0.3, -0.25) is 19.7 Å². The van der Waals surface area contributed by atoms with Crippen molar-refractivity contribution < 1.29 is 18.7 Å². The van der Waals surface area contributed by atoms with Gasteiger partial charge >= 0.3 is 0 Å². The van der Waals surface area contributed by atoms with Gasteiger partial charge in [0.05, 0.1) is 20.4 Å². The van der Waals surface area contributed by atoms with Gasteiger partial charge in [-0.1, -0.05) is 48.5 Å². The average Bonchev–Trinajstić information content (AvgIpc) is 3.02. The van der Waals surface area contributed by atoms with E-state index in [0.29, 0.717) is 16.8 Å². The SMILES string of the molecule is CN1C(=O)[C@@](C[S@@](C)(=O)=NC(=O)c2ccc([N+](=O)[O-])cc2)(c2ccccc2)c2ccccc21. The van der Waals surface area contributed by atoms with E-state index < -0.39 is 26.0 Å². The number of rotatable bonds is 5. The van der Waals surface area contributed by atoms with Crippen molar-refractivity contribution in [3.63, 3.8) is 0 Å². The average molecular weight is 464 g/mol. The first-order valence-electron chi connectivity index (χ1n) is 10.1. The summed E-state index contributed by atoms with van der Waals surface area (Å²) in [6.07, 6.45) is 1.36. The van der Waals surface area contributed by atoms with Gasteiger partial charge in [0.1, 0.15) is 5.41 Å². The first kappa shape index (κ1) is 22.3. The monoisotopic (exact) mass is 463 g/mol. The standard InChI is InChI=1S/C24H21N3O5S/c1-26-21-11-7-6-10-20(21)24(23(26)29,18-8-4-3-5-9-18)16-33(2,32)25-22(28)17-12-14-19(15-13-17)27(30)31/h3-15H,16H2,1-2H3/t24-,33+/m0/s1. The molecule has 2 amide bonds. The number of fused-ring (bicyclic) bond motifs is 1. The van der Waals surface area contributed by atoms with Crippen molar-refractivity contribution in [3.8, 4) is 0 Å². The van der Waals surface area contributed by atoms with Crippen LogP contribution in [0.4, 0.5) is 11.4 Å². The Labute approximate surface area is 191 Å². The predicted molar refractivity (Wildman–Crippen MR) is 126 cm³/mol. The lowest BCUT2D eigenvalue weighted by molar-refractivity contribution is -0.384. The van der Waals surface area contributed by atoms with Crippen molar-refractivity contribution in [3.05, 3.63) is 106 Å². The van der Waals surface area contributed by atoms with Crippen molar-refractivity contribution in [1.82, 2.24) is 0 Å². The van der Waals surface area contributed by atoms with Crippen LogP contribution in [-0.4, -0.2) is 40.0 Å². The van der Waals surface area contributed by atoms with E-state index in [4.69, 9.17) is 0 Å². The summed E-state index contributed by atoms with van der Waals surface area (Å²) < 4.78 is 17.6. The van der Waals surface area contributed by atoms with Crippen molar-refractivity contribution in [1.29, 1.82) is 0 Å². The first-order chi connectivity index (χ1) is 15.7. The molecule has 0 spiro atoms. The lowest BCUT2D eigenvalue weighted by Gasteiger charge is -2.29. The zero-order valence-corrected chi connectivity index (χ0v) is 18.8. The van der Waals surface area contributed by atoms with E-state index in [1.165, 1.54) is 35.4 Å². The number of likely N-dealkylation sites (N-methyl/N-ethyl adjacent to an activating group) is 1. The fourth-order valence-corrected chi connectivity index (χ4v) is 6.02. The van der Waals surface area contributed by atoms with Crippen LogP contribution in [-0.2, 0) is 19.9 Å². The number of nitro benzene ring substituents is 1. The van der Waals surface area contributed by atoms with E-state index in [0.717, 1.165) is 0 Å². The fourth-order valence-electron chi connectivity index (χ4n) is 4.25. The molecule has 0 aromatic heterocycles. The zero-order chi connectivity index (χ0) is 23.8. The Morgan fingerprint density at radius 1 is 1.03 bits per heavy atom. The van der Waals surface area contributed by atoms with Crippen molar-refractivity contribution in [2.24, 2.45) is 4.36 Å². The summed E-state index contributed by atoms with van der Waals surface area (Å²) in [6.45, 7) is 0. The van der Waals surface area contributed by atoms with E-state index in [9.17, 15) is 23.9 Å². The third-order valence-corrected chi connectivity index (χ3v) is 7.27. The summed E-state index contributed by atoms with van der Waals surface area (Å²) in [6, 6.07) is 21.3. The Morgan fingerprint density at radius 2 is 1.64 bits per heavy atom. The maximum Gasteiger partial charge on any atom is 0.285 e. The molecule has 0 unspecified atom stereocenters. The van der Waals surface area contributed by atoms with E-state index in [1.54, 1.807) is 7.05 Å². The second-order valence-corrected chi connectivity index (χ2v) is 10.3. The highest BCUT2D eigenvalue weighted by Crippen LogP contribution is 2.46. The topological polar surface area (TPSA) is 110 Å². The summed E-state index contributed by atoms with van der Waals surface area (Å²) in [5.41, 5.74) is 0.735. The molecule has 3 aromatic rings. The van der Waals surface area contributed by atoms with Crippen LogP contribution in [0.3, 0.4) is 0 Å². The van der Waals surface area contributed by atoms with Crippen LogP contribution in [0.2, 0.25) is 0 Å². The summed E-state index contributed by atoms with van der Waals surface area (Å²) in [5.74, 6) is -1.20. The van der Waals surface area contributed by atoms with Crippen LogP contribution in [0, 0.1) is 10.1 Å². The van der Waals surface area contributed by atoms with Crippen molar-refractivity contribution in [2.45, 2.75) is 5.41 Å². The van der Waals surface area contributed by atoms with Crippen LogP contribution >= 0.6 is 0 Å². The molecule has 0 bridgehead atoms. The molecule has 0 fully saturated rings. The van der Waals surface area contributed by atoms with Crippen molar-refractivity contribution >= 4 is 32.9 Å². The lowest BCUT2D eigenvalue weighted by atomic mass is 9.77. The molecule has 9 heteroatoms. The summed E-state index contributed by atoms with van der Waals surface area (Å²) in [5, 5.41) is 10.8. The van der Waals surface area contributed by atoms with Gasteiger partial charge in [-0.05, 0) is 29.3 Å². The molecule has 33 heavy (non-hydrogen) atoms. The Morgan fingerprint density at radius 3 is 2.27 bits per heavy atom. The number of benzene rings is 3. The molecule has 0 N–H and O–H groups in total. The van der Waals surface area contributed by atoms with Crippen LogP contribution in [0.5, 0.6) is 0 Å². The molecule has 0 saturated carbocycles. The number of amides is 2. The molecule has 1 aliphatic heterocycles. The highest BCUT2D eigenvalue weighted by Gasteiger charge is 2.52. The highest BCUT2D eigenvalue weighted by molar-refractivity contribution is 7.93. The van der Waals surface area contributed by atoms with Gasteiger partial charge in [-0.25, -0.2) is 4.21 Å². The molecule has 2 atom stereocenters. The third-order valence-electron chi connectivity index (χ3n) is 5.75. The molecule has 1 heterocycles. The molecular formula is C24H21N3O5S. The smallest absolute Gasteiger partial charge is 0.285 e. The minimum atomic E-state index is -3.20. The van der Waals surface area contributed by atoms with Gasteiger partial charge in [0, 0.05) is 36.7 Å². The van der Waals surface area contributed by atoms with Gasteiger partial charge in [0.2, 0.25) is 5.91 Å². The van der Waals surface area contributed by atoms with Crippen LogP contribution in [0.15, 0.2) is 83.2 Å². The molecule has 1 aliphatic rings.